The van der Waals surface area contributed by atoms with Crippen molar-refractivity contribution in [3.8, 4) is 0 Å². The highest BCUT2D eigenvalue weighted by Gasteiger charge is 2.56. The van der Waals surface area contributed by atoms with Gasteiger partial charge in [-0.25, -0.2) is 0 Å². The van der Waals surface area contributed by atoms with Crippen LogP contribution in [0.3, 0.4) is 0 Å². The molecule has 2 nitrogen and oxygen atoms in total. The lowest BCUT2D eigenvalue weighted by molar-refractivity contribution is -0.257. The molecule has 6 heteroatoms. The highest BCUT2D eigenvalue weighted by molar-refractivity contribution is 7.85. The zero-order chi connectivity index (χ0) is 21.2. The second-order valence-electron chi connectivity index (χ2n) is 7.68. The first kappa shape index (κ1) is 22.4. The van der Waals surface area contributed by atoms with Crippen LogP contribution in [0.25, 0.3) is 6.08 Å². The van der Waals surface area contributed by atoms with Gasteiger partial charge in [-0.2, -0.15) is 13.2 Å². The van der Waals surface area contributed by atoms with Crippen LogP contribution in [0.1, 0.15) is 37.0 Å². The van der Waals surface area contributed by atoms with E-state index >= 15 is 0 Å². The Kier molecular flexibility index (Phi) is 6.56. The largest absolute Gasteiger partial charge is 0.418 e. The topological polar surface area (TPSA) is 37.3 Å². The second kappa shape index (κ2) is 8.21. The summed E-state index contributed by atoms with van der Waals surface area (Å²) in [6, 6.07) is 13.4. The van der Waals surface area contributed by atoms with Crippen LogP contribution >= 0.6 is 0 Å². The Morgan fingerprint density at radius 2 is 1.64 bits per heavy atom. The molecule has 2 rings (SSSR count). The molecule has 28 heavy (non-hydrogen) atoms. The lowest BCUT2D eigenvalue weighted by atomic mass is 9.74. The van der Waals surface area contributed by atoms with Gasteiger partial charge in [0.15, 0.2) is 5.60 Å². The predicted octanol–water partition coefficient (Wildman–Crippen LogP) is 5.41. The van der Waals surface area contributed by atoms with Gasteiger partial charge >= 0.3 is 6.18 Å². The van der Waals surface area contributed by atoms with Crippen molar-refractivity contribution >= 4 is 16.9 Å². The first-order chi connectivity index (χ1) is 12.9. The van der Waals surface area contributed by atoms with Crippen LogP contribution in [0.4, 0.5) is 13.2 Å². The smallest absolute Gasteiger partial charge is 0.380 e. The summed E-state index contributed by atoms with van der Waals surface area (Å²) in [5, 5.41) is 10.7. The Balaban J connectivity index is 2.38. The van der Waals surface area contributed by atoms with E-state index in [0.717, 1.165) is 5.56 Å². The number of alkyl halides is 3. The molecule has 0 fully saturated rings. The fourth-order valence-corrected chi connectivity index (χ4v) is 4.65. The minimum Gasteiger partial charge on any atom is -0.380 e. The second-order valence-corrected chi connectivity index (χ2v) is 9.14. The number of benzene rings is 2. The van der Waals surface area contributed by atoms with Crippen LogP contribution in [-0.4, -0.2) is 26.8 Å². The molecule has 2 aromatic carbocycles. The SMILES string of the molecule is C=Cc1ccccc1C(C)(C)C[C@@](O)(CS(=O)c1ccc(C)cc1)C(F)(F)F. The third-order valence-corrected chi connectivity index (χ3v) is 6.36. The average Bonchev–Trinajstić information content (AvgIpc) is 2.60. The maximum Gasteiger partial charge on any atom is 0.418 e. The minimum atomic E-state index is -4.92. The van der Waals surface area contributed by atoms with E-state index in [1.54, 1.807) is 56.3 Å². The maximum absolute atomic E-state index is 13.9. The average molecular weight is 411 g/mol. The highest BCUT2D eigenvalue weighted by Crippen LogP contribution is 2.43. The summed E-state index contributed by atoms with van der Waals surface area (Å²) >= 11 is 0. The van der Waals surface area contributed by atoms with E-state index in [-0.39, 0.29) is 4.90 Å². The van der Waals surface area contributed by atoms with E-state index in [1.807, 2.05) is 6.92 Å². The first-order valence-electron chi connectivity index (χ1n) is 8.86. The summed E-state index contributed by atoms with van der Waals surface area (Å²) in [6.07, 6.45) is -3.96. The van der Waals surface area contributed by atoms with E-state index in [0.29, 0.717) is 11.1 Å². The van der Waals surface area contributed by atoms with Crippen LogP contribution in [-0.2, 0) is 16.2 Å². The Morgan fingerprint density at radius 1 is 1.07 bits per heavy atom. The zero-order valence-electron chi connectivity index (χ0n) is 16.2. The summed E-state index contributed by atoms with van der Waals surface area (Å²) < 4.78 is 54.2. The van der Waals surface area contributed by atoms with Crippen molar-refractivity contribution in [1.82, 2.24) is 0 Å². The van der Waals surface area contributed by atoms with Crippen LogP contribution in [0.5, 0.6) is 0 Å². The molecular formula is C22H25F3O2S. The number of halogens is 3. The van der Waals surface area contributed by atoms with Crippen molar-refractivity contribution in [3.63, 3.8) is 0 Å². The molecule has 0 saturated heterocycles. The Labute approximate surface area is 166 Å². The van der Waals surface area contributed by atoms with Crippen LogP contribution in [0.15, 0.2) is 60.0 Å². The van der Waals surface area contributed by atoms with Gasteiger partial charge in [0.1, 0.15) is 0 Å². The molecule has 0 heterocycles. The molecule has 1 unspecified atom stereocenters. The third-order valence-electron chi connectivity index (χ3n) is 4.83. The van der Waals surface area contributed by atoms with E-state index in [2.05, 4.69) is 6.58 Å². The molecule has 0 aliphatic carbocycles. The van der Waals surface area contributed by atoms with Crippen molar-refractivity contribution < 1.29 is 22.5 Å². The Bertz CT molecular complexity index is 857. The summed E-state index contributed by atoms with van der Waals surface area (Å²) in [4.78, 5) is 0.262. The van der Waals surface area contributed by atoms with Crippen LogP contribution in [0, 0.1) is 6.92 Å². The number of aryl methyl sites for hydroxylation is 1. The lowest BCUT2D eigenvalue weighted by Crippen LogP contribution is -2.53. The zero-order valence-corrected chi connectivity index (χ0v) is 17.0. The summed E-state index contributed by atoms with van der Waals surface area (Å²) in [6.45, 7) is 8.82. The molecule has 0 spiro atoms. The van der Waals surface area contributed by atoms with Gasteiger partial charge in [-0.15, -0.1) is 0 Å². The van der Waals surface area contributed by atoms with E-state index in [4.69, 9.17) is 0 Å². The van der Waals surface area contributed by atoms with Crippen molar-refractivity contribution in [2.45, 2.75) is 49.3 Å². The summed E-state index contributed by atoms with van der Waals surface area (Å²) in [5.41, 5.74) is -1.85. The van der Waals surface area contributed by atoms with Gasteiger partial charge in [0, 0.05) is 4.90 Å². The molecule has 0 radical (unpaired) electrons. The predicted molar refractivity (Wildman–Crippen MR) is 108 cm³/mol. The molecule has 0 aliphatic heterocycles. The molecule has 152 valence electrons. The van der Waals surface area contributed by atoms with Crippen molar-refractivity contribution in [2.24, 2.45) is 0 Å². The maximum atomic E-state index is 13.9. The van der Waals surface area contributed by atoms with Gasteiger partial charge in [-0.1, -0.05) is 68.5 Å². The molecule has 0 aromatic heterocycles. The van der Waals surface area contributed by atoms with E-state index in [1.165, 1.54) is 12.1 Å². The van der Waals surface area contributed by atoms with Gasteiger partial charge in [0.25, 0.3) is 0 Å². The van der Waals surface area contributed by atoms with Crippen molar-refractivity contribution in [1.29, 1.82) is 0 Å². The highest BCUT2D eigenvalue weighted by atomic mass is 32.2. The first-order valence-corrected chi connectivity index (χ1v) is 10.2. The molecular weight excluding hydrogens is 385 g/mol. The standard InChI is InChI=1S/C22H25F3O2S/c1-5-17-8-6-7-9-19(17)20(3,4)14-21(26,22(23,24)25)15-28(27)18-12-10-16(2)11-13-18/h5-13,26H,1,14-15H2,2-4H3/t21-,28?/m1/s1. The van der Waals surface area contributed by atoms with Crippen LogP contribution in [0.2, 0.25) is 0 Å². The molecule has 2 atom stereocenters. The molecule has 0 amide bonds. The normalized spacial score (nSPS) is 15.7. The van der Waals surface area contributed by atoms with Gasteiger partial charge in [0.05, 0.1) is 16.6 Å². The number of aliphatic hydroxyl groups is 1. The fraction of sp³-hybridized carbons (Fsp3) is 0.364. The molecule has 1 N–H and O–H groups in total. The van der Waals surface area contributed by atoms with Gasteiger partial charge < -0.3 is 5.11 Å². The quantitative estimate of drug-likeness (QED) is 0.663. The number of hydrogen-bond acceptors (Lipinski definition) is 2. The van der Waals surface area contributed by atoms with Crippen LogP contribution < -0.4 is 0 Å². The Hall–Kier alpha value is -1.92. The van der Waals surface area contributed by atoms with Gasteiger partial charge in [-0.05, 0) is 42.0 Å². The van der Waals surface area contributed by atoms with Crippen molar-refractivity contribution in [3.05, 3.63) is 71.8 Å². The minimum absolute atomic E-state index is 0.262. The number of hydrogen-bond donors (Lipinski definition) is 1. The molecule has 0 saturated carbocycles. The van der Waals surface area contributed by atoms with Crippen molar-refractivity contribution in [2.75, 3.05) is 5.75 Å². The fourth-order valence-electron chi connectivity index (χ4n) is 3.34. The third kappa shape index (κ3) is 4.92. The molecule has 2 aromatic rings. The van der Waals surface area contributed by atoms with E-state index < -0.39 is 40.2 Å². The summed E-state index contributed by atoms with van der Waals surface area (Å²) in [7, 11) is -2.00. The van der Waals surface area contributed by atoms with E-state index in [9.17, 15) is 22.5 Å². The molecule has 0 aliphatic rings. The monoisotopic (exact) mass is 410 g/mol. The summed E-state index contributed by atoms with van der Waals surface area (Å²) in [5.74, 6) is -0.917. The molecule has 0 bridgehead atoms. The Morgan fingerprint density at radius 3 is 2.18 bits per heavy atom. The number of rotatable bonds is 7. The van der Waals surface area contributed by atoms with Gasteiger partial charge in [0.2, 0.25) is 0 Å². The van der Waals surface area contributed by atoms with Gasteiger partial charge in [-0.3, -0.25) is 4.21 Å². The lowest BCUT2D eigenvalue weighted by Gasteiger charge is -2.38.